The maximum Gasteiger partial charge on any atom is 0.270 e. The lowest BCUT2D eigenvalue weighted by Gasteiger charge is -2.08. The van der Waals surface area contributed by atoms with Crippen molar-refractivity contribution >= 4 is 34.8 Å². The van der Waals surface area contributed by atoms with E-state index >= 15 is 0 Å². The molecular formula is C18H16ClN3O4. The Morgan fingerprint density at radius 1 is 1.15 bits per heavy atom. The van der Waals surface area contributed by atoms with Crippen molar-refractivity contribution in [1.82, 2.24) is 5.32 Å². The zero-order valence-corrected chi connectivity index (χ0v) is 14.5. The van der Waals surface area contributed by atoms with E-state index in [-0.39, 0.29) is 22.2 Å². The van der Waals surface area contributed by atoms with Crippen molar-refractivity contribution in [3.63, 3.8) is 0 Å². The number of hydrogen-bond acceptors (Lipinski definition) is 4. The lowest BCUT2D eigenvalue weighted by molar-refractivity contribution is -0.384. The molecule has 2 amide bonds. The Balaban J connectivity index is 1.62. The van der Waals surface area contributed by atoms with Gasteiger partial charge in [-0.2, -0.15) is 0 Å². The summed E-state index contributed by atoms with van der Waals surface area (Å²) in [4.78, 5) is 34.2. The summed E-state index contributed by atoms with van der Waals surface area (Å²) >= 11 is 5.95. The Hall–Kier alpha value is -2.93. The first-order chi connectivity index (χ1) is 12.4. The molecule has 0 heterocycles. The van der Waals surface area contributed by atoms with Crippen LogP contribution in [0.25, 0.3) is 0 Å². The lowest BCUT2D eigenvalue weighted by Crippen LogP contribution is -2.26. The smallest absolute Gasteiger partial charge is 0.270 e. The first kappa shape index (κ1) is 17.9. The van der Waals surface area contributed by atoms with E-state index in [0.29, 0.717) is 18.2 Å². The van der Waals surface area contributed by atoms with Gasteiger partial charge in [0.15, 0.2) is 0 Å². The number of nitrogens with one attached hydrogen (secondary N) is 2. The summed E-state index contributed by atoms with van der Waals surface area (Å²) in [5.74, 6) is -0.480. The number of nitro benzene ring substituents is 1. The average molecular weight is 374 g/mol. The monoisotopic (exact) mass is 373 g/mol. The van der Waals surface area contributed by atoms with Crippen molar-refractivity contribution in [2.75, 3.05) is 5.32 Å². The Kier molecular flexibility index (Phi) is 5.18. The van der Waals surface area contributed by atoms with E-state index in [1.54, 1.807) is 24.3 Å². The number of nitrogens with zero attached hydrogens (tertiary/aromatic N) is 1. The Morgan fingerprint density at radius 3 is 2.42 bits per heavy atom. The van der Waals surface area contributed by atoms with Gasteiger partial charge in [-0.25, -0.2) is 0 Å². The van der Waals surface area contributed by atoms with E-state index in [2.05, 4.69) is 10.6 Å². The van der Waals surface area contributed by atoms with Gasteiger partial charge in [0.2, 0.25) is 5.91 Å². The molecule has 0 atom stereocenters. The molecule has 1 saturated carbocycles. The van der Waals surface area contributed by atoms with Gasteiger partial charge in [0.25, 0.3) is 11.6 Å². The molecule has 2 N–H and O–H groups in total. The highest BCUT2D eigenvalue weighted by atomic mass is 35.5. The molecule has 0 aromatic heterocycles. The van der Waals surface area contributed by atoms with E-state index in [0.717, 1.165) is 24.5 Å². The molecule has 8 heteroatoms. The predicted octanol–water partition coefficient (Wildman–Crippen LogP) is 3.32. The number of halogens is 1. The number of rotatable bonds is 6. The molecule has 0 aliphatic heterocycles. The molecule has 2 aromatic rings. The quantitative estimate of drug-likeness (QED) is 0.599. The third kappa shape index (κ3) is 4.58. The van der Waals surface area contributed by atoms with Crippen molar-refractivity contribution in [2.45, 2.75) is 25.3 Å². The van der Waals surface area contributed by atoms with E-state index in [4.69, 9.17) is 11.6 Å². The number of anilines is 1. The van der Waals surface area contributed by atoms with Gasteiger partial charge in [0.1, 0.15) is 0 Å². The molecule has 2 aromatic carbocycles. The van der Waals surface area contributed by atoms with Crippen LogP contribution in [0.3, 0.4) is 0 Å². The molecule has 7 nitrogen and oxygen atoms in total. The van der Waals surface area contributed by atoms with Gasteiger partial charge in [0, 0.05) is 23.9 Å². The van der Waals surface area contributed by atoms with Crippen LogP contribution in [-0.4, -0.2) is 22.8 Å². The van der Waals surface area contributed by atoms with Gasteiger partial charge in [-0.3, -0.25) is 19.7 Å². The molecule has 0 spiro atoms. The lowest BCUT2D eigenvalue weighted by atomic mass is 10.1. The molecule has 134 valence electrons. The van der Waals surface area contributed by atoms with Gasteiger partial charge in [-0.05, 0) is 36.6 Å². The van der Waals surface area contributed by atoms with Crippen LogP contribution in [0, 0.1) is 10.1 Å². The number of nitro groups is 1. The van der Waals surface area contributed by atoms with E-state index in [1.165, 1.54) is 12.1 Å². The summed E-state index contributed by atoms with van der Waals surface area (Å²) in [6.07, 6.45) is 2.38. The van der Waals surface area contributed by atoms with Crippen LogP contribution in [0.2, 0.25) is 5.02 Å². The highest BCUT2D eigenvalue weighted by Crippen LogP contribution is 2.23. The molecule has 1 aliphatic carbocycles. The second-order valence-electron chi connectivity index (χ2n) is 6.09. The zero-order chi connectivity index (χ0) is 18.7. The number of hydrogen-bond donors (Lipinski definition) is 2. The molecule has 26 heavy (non-hydrogen) atoms. The van der Waals surface area contributed by atoms with Crippen LogP contribution in [-0.2, 0) is 11.2 Å². The molecule has 1 aliphatic rings. The Labute approximate surface area is 154 Å². The molecule has 0 saturated heterocycles. The summed E-state index contributed by atoms with van der Waals surface area (Å²) in [5, 5.41) is 16.3. The third-order valence-corrected chi connectivity index (χ3v) is 4.24. The molecular weight excluding hydrogens is 358 g/mol. The van der Waals surface area contributed by atoms with Crippen LogP contribution < -0.4 is 10.6 Å². The maximum atomic E-state index is 12.3. The van der Waals surface area contributed by atoms with Crippen LogP contribution in [0.15, 0.2) is 42.5 Å². The minimum absolute atomic E-state index is 0.00469. The fraction of sp³-hybridized carbons (Fsp3) is 0.222. The van der Waals surface area contributed by atoms with Crippen LogP contribution >= 0.6 is 11.6 Å². The van der Waals surface area contributed by atoms with Crippen molar-refractivity contribution in [3.05, 3.63) is 68.7 Å². The van der Waals surface area contributed by atoms with Crippen molar-refractivity contribution in [1.29, 1.82) is 0 Å². The molecule has 0 bridgehead atoms. The summed E-state index contributed by atoms with van der Waals surface area (Å²) in [7, 11) is 0. The fourth-order valence-electron chi connectivity index (χ4n) is 2.40. The summed E-state index contributed by atoms with van der Waals surface area (Å²) < 4.78 is 0. The number of non-ortho nitro benzene ring substituents is 1. The Bertz CT molecular complexity index is 863. The maximum absolute atomic E-state index is 12.3. The Morgan fingerprint density at radius 2 is 1.85 bits per heavy atom. The predicted molar refractivity (Wildman–Crippen MR) is 97.4 cm³/mol. The van der Waals surface area contributed by atoms with Gasteiger partial charge < -0.3 is 10.6 Å². The summed E-state index contributed by atoms with van der Waals surface area (Å²) in [6, 6.07) is 10.9. The second-order valence-corrected chi connectivity index (χ2v) is 6.50. The topological polar surface area (TPSA) is 101 Å². The first-order valence-corrected chi connectivity index (χ1v) is 8.44. The van der Waals surface area contributed by atoms with Crippen LogP contribution in [0.1, 0.15) is 28.8 Å². The number of benzene rings is 2. The summed E-state index contributed by atoms with van der Waals surface area (Å²) in [5.41, 5.74) is 1.34. The first-order valence-electron chi connectivity index (χ1n) is 8.06. The third-order valence-electron chi connectivity index (χ3n) is 3.93. The second kappa shape index (κ2) is 7.53. The van der Waals surface area contributed by atoms with Crippen molar-refractivity contribution < 1.29 is 14.5 Å². The molecule has 1 fully saturated rings. The minimum Gasteiger partial charge on any atom is -0.353 e. The number of carbonyl (C=O) groups is 2. The zero-order valence-electron chi connectivity index (χ0n) is 13.7. The van der Waals surface area contributed by atoms with E-state index < -0.39 is 10.8 Å². The van der Waals surface area contributed by atoms with Gasteiger partial charge >= 0.3 is 0 Å². The highest BCUT2D eigenvalue weighted by molar-refractivity contribution is 6.34. The normalized spacial score (nSPS) is 13.1. The highest BCUT2D eigenvalue weighted by Gasteiger charge is 2.23. The van der Waals surface area contributed by atoms with Crippen molar-refractivity contribution in [2.24, 2.45) is 0 Å². The molecule has 3 rings (SSSR count). The van der Waals surface area contributed by atoms with Gasteiger partial charge in [-0.1, -0.05) is 23.7 Å². The average Bonchev–Trinajstić information content (AvgIpc) is 3.40. The largest absolute Gasteiger partial charge is 0.353 e. The number of amides is 2. The van der Waals surface area contributed by atoms with Gasteiger partial charge in [-0.15, -0.1) is 0 Å². The fourth-order valence-corrected chi connectivity index (χ4v) is 2.66. The minimum atomic E-state index is -0.578. The number of carbonyl (C=O) groups excluding carboxylic acids is 2. The van der Waals surface area contributed by atoms with Crippen molar-refractivity contribution in [3.8, 4) is 0 Å². The molecule has 0 unspecified atom stereocenters. The van der Waals surface area contributed by atoms with E-state index in [1.807, 2.05) is 0 Å². The van der Waals surface area contributed by atoms with Gasteiger partial charge in [0.05, 0.1) is 21.9 Å². The standard InChI is InChI=1S/C18H16ClN3O4/c19-16-10-14(22(25)26)7-8-15(16)18(24)21-13-3-1-11(2-4-13)9-17(23)20-12-5-6-12/h1-4,7-8,10,12H,5-6,9H2,(H,20,23)(H,21,24). The van der Waals surface area contributed by atoms with E-state index in [9.17, 15) is 19.7 Å². The SMILES string of the molecule is O=C(Cc1ccc(NC(=O)c2ccc([N+](=O)[O-])cc2Cl)cc1)NC1CC1. The summed E-state index contributed by atoms with van der Waals surface area (Å²) in [6.45, 7) is 0. The van der Waals surface area contributed by atoms with Crippen LogP contribution in [0.4, 0.5) is 11.4 Å². The van der Waals surface area contributed by atoms with Crippen LogP contribution in [0.5, 0.6) is 0 Å². The molecule has 0 radical (unpaired) electrons.